The van der Waals surface area contributed by atoms with E-state index in [4.69, 9.17) is 0 Å². The van der Waals surface area contributed by atoms with Crippen molar-refractivity contribution in [3.63, 3.8) is 0 Å². The molecule has 0 aromatic rings. The zero-order chi connectivity index (χ0) is 14.4. The standard InChI is InChI=1S/C16H31N3O/c1-3-14-8-5-7-11-19(14)16(20)13-18-10-6-4-9-15(18)12-17-2/h14-15,17H,3-13H2,1-2H3. The molecule has 0 aromatic carbocycles. The number of likely N-dealkylation sites (N-methyl/N-ethyl adjacent to an activating group) is 1. The molecule has 4 heteroatoms. The summed E-state index contributed by atoms with van der Waals surface area (Å²) in [7, 11) is 2.01. The van der Waals surface area contributed by atoms with Crippen LogP contribution in [0.25, 0.3) is 0 Å². The normalized spacial score (nSPS) is 28.6. The summed E-state index contributed by atoms with van der Waals surface area (Å²) in [6.45, 7) is 5.90. The van der Waals surface area contributed by atoms with Gasteiger partial charge < -0.3 is 10.2 Å². The number of piperidine rings is 2. The van der Waals surface area contributed by atoms with Gasteiger partial charge in [0.05, 0.1) is 6.54 Å². The fourth-order valence-corrected chi connectivity index (χ4v) is 3.75. The summed E-state index contributed by atoms with van der Waals surface area (Å²) < 4.78 is 0. The van der Waals surface area contributed by atoms with E-state index in [1.807, 2.05) is 7.05 Å². The predicted octanol–water partition coefficient (Wildman–Crippen LogP) is 1.85. The number of hydrogen-bond acceptors (Lipinski definition) is 3. The molecule has 20 heavy (non-hydrogen) atoms. The van der Waals surface area contributed by atoms with Gasteiger partial charge in [0.1, 0.15) is 0 Å². The lowest BCUT2D eigenvalue weighted by atomic mass is 9.99. The van der Waals surface area contributed by atoms with E-state index >= 15 is 0 Å². The van der Waals surface area contributed by atoms with Gasteiger partial charge in [-0.05, 0) is 52.1 Å². The van der Waals surface area contributed by atoms with E-state index in [9.17, 15) is 4.79 Å². The third-order valence-corrected chi connectivity index (χ3v) is 4.95. The summed E-state index contributed by atoms with van der Waals surface area (Å²) in [6.07, 6.45) is 8.54. The van der Waals surface area contributed by atoms with E-state index in [0.717, 1.165) is 26.1 Å². The number of amides is 1. The molecule has 0 saturated carbocycles. The number of nitrogens with zero attached hydrogens (tertiary/aromatic N) is 2. The molecule has 0 bridgehead atoms. The molecule has 1 amide bonds. The van der Waals surface area contributed by atoms with Crippen molar-refractivity contribution in [1.29, 1.82) is 0 Å². The van der Waals surface area contributed by atoms with E-state index in [0.29, 0.717) is 24.5 Å². The molecule has 2 aliphatic heterocycles. The maximum Gasteiger partial charge on any atom is 0.237 e. The molecule has 2 rings (SSSR count). The van der Waals surface area contributed by atoms with Crippen LogP contribution < -0.4 is 5.32 Å². The van der Waals surface area contributed by atoms with Crippen LogP contribution in [-0.4, -0.2) is 61.0 Å². The van der Waals surface area contributed by atoms with Gasteiger partial charge in [-0.1, -0.05) is 13.3 Å². The second-order valence-corrected chi connectivity index (χ2v) is 6.32. The van der Waals surface area contributed by atoms with E-state index in [1.54, 1.807) is 0 Å². The van der Waals surface area contributed by atoms with E-state index in [2.05, 4.69) is 22.0 Å². The van der Waals surface area contributed by atoms with Crippen molar-refractivity contribution < 1.29 is 4.79 Å². The summed E-state index contributed by atoms with van der Waals surface area (Å²) in [5.41, 5.74) is 0. The van der Waals surface area contributed by atoms with Crippen LogP contribution in [0.4, 0.5) is 0 Å². The van der Waals surface area contributed by atoms with Crippen LogP contribution in [-0.2, 0) is 4.79 Å². The van der Waals surface area contributed by atoms with Crippen molar-refractivity contribution in [2.75, 3.05) is 33.2 Å². The molecule has 2 unspecified atom stereocenters. The fourth-order valence-electron chi connectivity index (χ4n) is 3.75. The highest BCUT2D eigenvalue weighted by Gasteiger charge is 2.29. The van der Waals surface area contributed by atoms with Gasteiger partial charge >= 0.3 is 0 Å². The summed E-state index contributed by atoms with van der Waals surface area (Å²) in [5, 5.41) is 3.27. The van der Waals surface area contributed by atoms with E-state index in [1.165, 1.54) is 38.5 Å². The Kier molecular flexibility index (Phi) is 6.30. The number of carbonyl (C=O) groups is 1. The molecule has 0 spiro atoms. The highest BCUT2D eigenvalue weighted by Crippen LogP contribution is 2.21. The number of rotatable bonds is 5. The number of likely N-dealkylation sites (tertiary alicyclic amines) is 2. The number of nitrogens with one attached hydrogen (secondary N) is 1. The van der Waals surface area contributed by atoms with E-state index < -0.39 is 0 Å². The first kappa shape index (κ1) is 15.8. The average molecular weight is 281 g/mol. The van der Waals surface area contributed by atoms with Crippen molar-refractivity contribution in [3.8, 4) is 0 Å². The second kappa shape index (κ2) is 7.99. The molecule has 0 radical (unpaired) electrons. The maximum absolute atomic E-state index is 12.6. The monoisotopic (exact) mass is 281 g/mol. The molecular formula is C16H31N3O. The molecule has 116 valence electrons. The molecule has 2 saturated heterocycles. The first-order chi connectivity index (χ1) is 9.76. The molecule has 2 aliphatic rings. The largest absolute Gasteiger partial charge is 0.339 e. The fraction of sp³-hybridized carbons (Fsp3) is 0.938. The molecule has 4 nitrogen and oxygen atoms in total. The molecule has 0 aromatic heterocycles. The van der Waals surface area contributed by atoms with Crippen molar-refractivity contribution in [2.45, 2.75) is 64.0 Å². The Morgan fingerprint density at radius 3 is 2.50 bits per heavy atom. The minimum atomic E-state index is 0.361. The minimum Gasteiger partial charge on any atom is -0.339 e. The molecule has 2 atom stereocenters. The Hall–Kier alpha value is -0.610. The van der Waals surface area contributed by atoms with Crippen molar-refractivity contribution in [2.24, 2.45) is 0 Å². The third-order valence-electron chi connectivity index (χ3n) is 4.95. The van der Waals surface area contributed by atoms with Gasteiger partial charge in [0.2, 0.25) is 5.91 Å². The van der Waals surface area contributed by atoms with Crippen LogP contribution >= 0.6 is 0 Å². The third kappa shape index (κ3) is 3.95. The van der Waals surface area contributed by atoms with Crippen LogP contribution in [0.1, 0.15) is 51.9 Å². The summed E-state index contributed by atoms with van der Waals surface area (Å²) >= 11 is 0. The van der Waals surface area contributed by atoms with Crippen LogP contribution in [0.3, 0.4) is 0 Å². The van der Waals surface area contributed by atoms with Crippen molar-refractivity contribution >= 4 is 5.91 Å². The topological polar surface area (TPSA) is 35.6 Å². The van der Waals surface area contributed by atoms with Gasteiger partial charge in [-0.25, -0.2) is 0 Å². The smallest absolute Gasteiger partial charge is 0.237 e. The van der Waals surface area contributed by atoms with Crippen LogP contribution in [0, 0.1) is 0 Å². The lowest BCUT2D eigenvalue weighted by Crippen LogP contribution is -2.52. The average Bonchev–Trinajstić information content (AvgIpc) is 2.49. The lowest BCUT2D eigenvalue weighted by Gasteiger charge is -2.39. The number of carbonyl (C=O) groups excluding carboxylic acids is 1. The van der Waals surface area contributed by atoms with Crippen LogP contribution in [0.5, 0.6) is 0 Å². The zero-order valence-corrected chi connectivity index (χ0v) is 13.2. The first-order valence-corrected chi connectivity index (χ1v) is 8.44. The minimum absolute atomic E-state index is 0.361. The maximum atomic E-state index is 12.6. The Morgan fingerprint density at radius 1 is 1.10 bits per heavy atom. The summed E-state index contributed by atoms with van der Waals surface area (Å²) in [4.78, 5) is 17.2. The van der Waals surface area contributed by atoms with Gasteiger partial charge in [-0.2, -0.15) is 0 Å². The molecule has 2 fully saturated rings. The lowest BCUT2D eigenvalue weighted by molar-refractivity contribution is -0.137. The zero-order valence-electron chi connectivity index (χ0n) is 13.2. The highest BCUT2D eigenvalue weighted by molar-refractivity contribution is 5.78. The second-order valence-electron chi connectivity index (χ2n) is 6.32. The summed E-state index contributed by atoms with van der Waals surface area (Å²) in [5.74, 6) is 0.361. The quantitative estimate of drug-likeness (QED) is 0.835. The Morgan fingerprint density at radius 2 is 1.80 bits per heavy atom. The Bertz CT molecular complexity index is 306. The van der Waals surface area contributed by atoms with Gasteiger partial charge in [0, 0.05) is 25.2 Å². The van der Waals surface area contributed by atoms with Gasteiger partial charge in [0.25, 0.3) is 0 Å². The first-order valence-electron chi connectivity index (χ1n) is 8.44. The number of hydrogen-bond donors (Lipinski definition) is 1. The SMILES string of the molecule is CCC1CCCCN1C(=O)CN1CCCCC1CNC. The molecule has 0 aliphatic carbocycles. The molecule has 2 heterocycles. The van der Waals surface area contributed by atoms with Gasteiger partial charge in [-0.3, -0.25) is 9.69 Å². The molecule has 1 N–H and O–H groups in total. The van der Waals surface area contributed by atoms with Crippen molar-refractivity contribution in [3.05, 3.63) is 0 Å². The van der Waals surface area contributed by atoms with Crippen LogP contribution in [0.15, 0.2) is 0 Å². The Labute approximate surface area is 123 Å². The Balaban J connectivity index is 1.91. The van der Waals surface area contributed by atoms with Gasteiger partial charge in [-0.15, -0.1) is 0 Å². The predicted molar refractivity (Wildman–Crippen MR) is 82.8 cm³/mol. The van der Waals surface area contributed by atoms with Crippen LogP contribution in [0.2, 0.25) is 0 Å². The highest BCUT2D eigenvalue weighted by atomic mass is 16.2. The van der Waals surface area contributed by atoms with E-state index in [-0.39, 0.29) is 0 Å². The van der Waals surface area contributed by atoms with Crippen molar-refractivity contribution in [1.82, 2.24) is 15.1 Å². The van der Waals surface area contributed by atoms with Gasteiger partial charge in [0.15, 0.2) is 0 Å². The summed E-state index contributed by atoms with van der Waals surface area (Å²) in [6, 6.07) is 1.03. The molecular weight excluding hydrogens is 250 g/mol.